The molecule has 0 aromatic carbocycles. The zero-order valence-corrected chi connectivity index (χ0v) is 12.8. The molecule has 1 amide bonds. The van der Waals surface area contributed by atoms with Crippen molar-refractivity contribution in [1.82, 2.24) is 10.6 Å². The third-order valence-electron chi connectivity index (χ3n) is 4.13. The highest BCUT2D eigenvalue weighted by atomic mass is 16.3. The van der Waals surface area contributed by atoms with Gasteiger partial charge in [0.1, 0.15) is 0 Å². The lowest BCUT2D eigenvalue weighted by atomic mass is 9.77. The van der Waals surface area contributed by atoms with Gasteiger partial charge in [-0.2, -0.15) is 0 Å². The van der Waals surface area contributed by atoms with Gasteiger partial charge in [-0.15, -0.1) is 0 Å². The number of hydrogen-bond acceptors (Lipinski definition) is 3. The Morgan fingerprint density at radius 3 is 2.37 bits per heavy atom. The molecule has 0 spiro atoms. The number of amides is 1. The highest BCUT2D eigenvalue weighted by Crippen LogP contribution is 2.31. The van der Waals surface area contributed by atoms with Crippen molar-refractivity contribution in [2.45, 2.75) is 65.0 Å². The van der Waals surface area contributed by atoms with Gasteiger partial charge < -0.3 is 10.4 Å². The van der Waals surface area contributed by atoms with Crippen LogP contribution in [0, 0.1) is 11.8 Å². The molecule has 19 heavy (non-hydrogen) atoms. The molecule has 4 heteroatoms. The average Bonchev–Trinajstić information content (AvgIpc) is 2.38. The Morgan fingerprint density at radius 1 is 1.32 bits per heavy atom. The van der Waals surface area contributed by atoms with Crippen molar-refractivity contribution in [1.29, 1.82) is 0 Å². The Labute approximate surface area is 117 Å². The topological polar surface area (TPSA) is 61.4 Å². The van der Waals surface area contributed by atoms with E-state index in [1.54, 1.807) is 0 Å². The normalized spacial score (nSPS) is 29.3. The first-order valence-electron chi connectivity index (χ1n) is 7.55. The zero-order valence-electron chi connectivity index (χ0n) is 12.8. The average molecular weight is 270 g/mol. The molecule has 0 heterocycles. The minimum atomic E-state index is -0.263. The molecule has 112 valence electrons. The summed E-state index contributed by atoms with van der Waals surface area (Å²) in [5.74, 6) is 1.21. The van der Waals surface area contributed by atoms with Crippen LogP contribution in [0.5, 0.6) is 0 Å². The molecule has 1 aliphatic carbocycles. The Kier molecular flexibility index (Phi) is 6.27. The molecular formula is C15H30N2O2. The zero-order chi connectivity index (χ0) is 14.5. The summed E-state index contributed by atoms with van der Waals surface area (Å²) < 4.78 is 0. The van der Waals surface area contributed by atoms with Crippen molar-refractivity contribution in [3.05, 3.63) is 0 Å². The fraction of sp³-hybridized carbons (Fsp3) is 0.933. The molecule has 4 nitrogen and oxygen atoms in total. The second-order valence-electron chi connectivity index (χ2n) is 6.63. The molecular weight excluding hydrogens is 240 g/mol. The van der Waals surface area contributed by atoms with E-state index >= 15 is 0 Å². The predicted molar refractivity (Wildman–Crippen MR) is 77.9 cm³/mol. The van der Waals surface area contributed by atoms with E-state index in [0.717, 1.165) is 31.6 Å². The second-order valence-corrected chi connectivity index (χ2v) is 6.63. The number of aliphatic hydroxyl groups is 1. The summed E-state index contributed by atoms with van der Waals surface area (Å²) in [5, 5.41) is 16.0. The summed E-state index contributed by atoms with van der Waals surface area (Å²) in [6.07, 6.45) is 4.14. The smallest absolute Gasteiger partial charge is 0.236 e. The number of carbonyl (C=O) groups is 1. The van der Waals surface area contributed by atoms with E-state index in [9.17, 15) is 9.90 Å². The molecule has 0 aromatic heterocycles. The molecule has 1 aliphatic rings. The van der Waals surface area contributed by atoms with Crippen LogP contribution in [-0.2, 0) is 4.79 Å². The van der Waals surface area contributed by atoms with Gasteiger partial charge >= 0.3 is 0 Å². The minimum Gasteiger partial charge on any atom is -0.394 e. The van der Waals surface area contributed by atoms with E-state index in [2.05, 4.69) is 31.4 Å². The van der Waals surface area contributed by atoms with Crippen molar-refractivity contribution >= 4 is 5.91 Å². The molecule has 1 fully saturated rings. The first-order chi connectivity index (χ1) is 8.88. The van der Waals surface area contributed by atoms with Crippen LogP contribution in [0.2, 0.25) is 0 Å². The van der Waals surface area contributed by atoms with Crippen LogP contribution < -0.4 is 10.6 Å². The van der Waals surface area contributed by atoms with Gasteiger partial charge in [0.15, 0.2) is 0 Å². The highest BCUT2D eigenvalue weighted by Gasteiger charge is 2.35. The second kappa shape index (κ2) is 7.25. The van der Waals surface area contributed by atoms with Crippen LogP contribution in [0.25, 0.3) is 0 Å². The van der Waals surface area contributed by atoms with E-state index in [1.807, 2.05) is 6.92 Å². The number of carbonyl (C=O) groups excluding carboxylic acids is 1. The molecule has 3 N–H and O–H groups in total. The summed E-state index contributed by atoms with van der Waals surface area (Å²) in [6.45, 7) is 9.10. The highest BCUT2D eigenvalue weighted by molar-refractivity contribution is 5.81. The number of nitrogens with one attached hydrogen (secondary N) is 2. The summed E-state index contributed by atoms with van der Waals surface area (Å²) >= 11 is 0. The van der Waals surface area contributed by atoms with Crippen LogP contribution in [-0.4, -0.2) is 35.7 Å². The third kappa shape index (κ3) is 5.11. The number of hydrogen-bond donors (Lipinski definition) is 3. The van der Waals surface area contributed by atoms with E-state index in [1.165, 1.54) is 0 Å². The lowest BCUT2D eigenvalue weighted by Crippen LogP contribution is -2.58. The van der Waals surface area contributed by atoms with Crippen molar-refractivity contribution in [2.75, 3.05) is 13.2 Å². The number of rotatable bonds is 6. The lowest BCUT2D eigenvalue weighted by Gasteiger charge is -2.40. The molecule has 0 radical (unpaired) electrons. The predicted octanol–water partition coefficient (Wildman–Crippen LogP) is 1.68. The quantitative estimate of drug-likeness (QED) is 0.688. The van der Waals surface area contributed by atoms with Gasteiger partial charge in [0.25, 0.3) is 0 Å². The van der Waals surface area contributed by atoms with Crippen molar-refractivity contribution in [3.63, 3.8) is 0 Å². The standard InChI is InChI=1S/C15H30N2O2/c1-11(2)9-16-14(19)13(4)17-15(10-18)7-5-12(3)6-8-15/h11-13,17-18H,5-10H2,1-4H3,(H,16,19). The first kappa shape index (κ1) is 16.4. The molecule has 0 aliphatic heterocycles. The summed E-state index contributed by atoms with van der Waals surface area (Å²) in [4.78, 5) is 12.0. The van der Waals surface area contributed by atoms with Crippen LogP contribution in [0.15, 0.2) is 0 Å². The molecule has 0 bridgehead atoms. The Balaban J connectivity index is 2.48. The van der Waals surface area contributed by atoms with Crippen LogP contribution in [0.3, 0.4) is 0 Å². The third-order valence-corrected chi connectivity index (χ3v) is 4.13. The maximum atomic E-state index is 12.0. The fourth-order valence-electron chi connectivity index (χ4n) is 2.65. The summed E-state index contributed by atoms with van der Waals surface area (Å²) in [5.41, 5.74) is -0.263. The maximum absolute atomic E-state index is 12.0. The molecule has 1 unspecified atom stereocenters. The first-order valence-corrected chi connectivity index (χ1v) is 7.55. The van der Waals surface area contributed by atoms with E-state index in [4.69, 9.17) is 0 Å². The molecule has 1 rings (SSSR count). The van der Waals surface area contributed by atoms with Gasteiger partial charge in [-0.05, 0) is 44.4 Å². The van der Waals surface area contributed by atoms with Crippen LogP contribution in [0.4, 0.5) is 0 Å². The van der Waals surface area contributed by atoms with Gasteiger partial charge in [0.2, 0.25) is 5.91 Å². The van der Waals surface area contributed by atoms with Gasteiger partial charge in [-0.1, -0.05) is 20.8 Å². The summed E-state index contributed by atoms with van der Waals surface area (Å²) in [6, 6.07) is -0.251. The Bertz CT molecular complexity index is 284. The van der Waals surface area contributed by atoms with Crippen LogP contribution >= 0.6 is 0 Å². The molecule has 1 atom stereocenters. The molecule has 0 saturated heterocycles. The van der Waals surface area contributed by atoms with Gasteiger partial charge in [-0.3, -0.25) is 10.1 Å². The maximum Gasteiger partial charge on any atom is 0.236 e. The van der Waals surface area contributed by atoms with Crippen LogP contribution in [0.1, 0.15) is 53.4 Å². The fourth-order valence-corrected chi connectivity index (χ4v) is 2.65. The van der Waals surface area contributed by atoms with Gasteiger partial charge in [0, 0.05) is 12.1 Å². The van der Waals surface area contributed by atoms with Crippen molar-refractivity contribution in [2.24, 2.45) is 11.8 Å². The Hall–Kier alpha value is -0.610. The van der Waals surface area contributed by atoms with Crippen molar-refractivity contribution < 1.29 is 9.90 Å². The lowest BCUT2D eigenvalue weighted by molar-refractivity contribution is -0.123. The summed E-state index contributed by atoms with van der Waals surface area (Å²) in [7, 11) is 0. The van der Waals surface area contributed by atoms with E-state index < -0.39 is 0 Å². The van der Waals surface area contributed by atoms with Gasteiger partial charge in [0.05, 0.1) is 12.6 Å². The van der Waals surface area contributed by atoms with E-state index in [0.29, 0.717) is 12.5 Å². The molecule has 0 aromatic rings. The number of aliphatic hydroxyl groups excluding tert-OH is 1. The monoisotopic (exact) mass is 270 g/mol. The SMILES string of the molecule is CC(C)CNC(=O)C(C)NC1(CO)CCC(C)CC1. The van der Waals surface area contributed by atoms with E-state index in [-0.39, 0.29) is 24.1 Å². The van der Waals surface area contributed by atoms with Gasteiger partial charge in [-0.25, -0.2) is 0 Å². The van der Waals surface area contributed by atoms with Crippen molar-refractivity contribution in [3.8, 4) is 0 Å². The molecule has 1 saturated carbocycles. The largest absolute Gasteiger partial charge is 0.394 e. The Morgan fingerprint density at radius 2 is 1.89 bits per heavy atom. The minimum absolute atomic E-state index is 0.0279.